The van der Waals surface area contributed by atoms with Crippen LogP contribution in [0.2, 0.25) is 0 Å². The highest BCUT2D eigenvalue weighted by atomic mass is 16.7. The van der Waals surface area contributed by atoms with Gasteiger partial charge in [0.15, 0.2) is 11.5 Å². The number of hydrogen-bond donors (Lipinski definition) is 3. The van der Waals surface area contributed by atoms with Crippen LogP contribution >= 0.6 is 0 Å². The van der Waals surface area contributed by atoms with Crippen molar-refractivity contribution in [1.82, 2.24) is 9.97 Å². The topological polar surface area (TPSA) is 103 Å². The largest absolute Gasteiger partial charge is 0.508 e. The minimum Gasteiger partial charge on any atom is -0.508 e. The normalized spacial score (nSPS) is 12.2. The second-order valence-electron chi connectivity index (χ2n) is 5.59. The Labute approximate surface area is 144 Å². The monoisotopic (exact) mass is 336 g/mol. The molecule has 2 aromatic carbocycles. The van der Waals surface area contributed by atoms with Crippen LogP contribution in [0, 0.1) is 0 Å². The van der Waals surface area contributed by atoms with Gasteiger partial charge < -0.3 is 25.6 Å². The van der Waals surface area contributed by atoms with Gasteiger partial charge in [-0.25, -0.2) is 4.98 Å². The predicted octanol–water partition coefficient (Wildman–Crippen LogP) is 2.77. The van der Waals surface area contributed by atoms with Crippen LogP contribution in [0.1, 0.15) is 5.56 Å². The molecule has 0 bridgehead atoms. The van der Waals surface area contributed by atoms with E-state index in [1.807, 2.05) is 24.3 Å². The van der Waals surface area contributed by atoms with E-state index in [1.165, 1.54) is 0 Å². The Hall–Kier alpha value is -3.48. The highest BCUT2D eigenvalue weighted by Crippen LogP contribution is 2.32. The second-order valence-corrected chi connectivity index (χ2v) is 5.59. The molecule has 7 nitrogen and oxygen atoms in total. The zero-order valence-corrected chi connectivity index (χ0v) is 13.3. The molecule has 0 saturated carbocycles. The lowest BCUT2D eigenvalue weighted by atomic mass is 10.1. The molecule has 0 amide bonds. The lowest BCUT2D eigenvalue weighted by Gasteiger charge is -2.09. The number of hydrogen-bond acceptors (Lipinski definition) is 7. The van der Waals surface area contributed by atoms with E-state index in [2.05, 4.69) is 15.3 Å². The fourth-order valence-electron chi connectivity index (χ4n) is 2.61. The highest BCUT2D eigenvalue weighted by Gasteiger charge is 2.13. The first-order valence-electron chi connectivity index (χ1n) is 7.74. The van der Waals surface area contributed by atoms with E-state index < -0.39 is 0 Å². The maximum Gasteiger partial charge on any atom is 0.231 e. The van der Waals surface area contributed by atoms with Crippen LogP contribution in [0.5, 0.6) is 17.2 Å². The molecular formula is C18H16N4O3. The number of phenolic OH excluding ortho intramolecular Hbond substituents is 1. The van der Waals surface area contributed by atoms with Gasteiger partial charge in [0, 0.05) is 18.2 Å². The van der Waals surface area contributed by atoms with Gasteiger partial charge in [0.25, 0.3) is 0 Å². The summed E-state index contributed by atoms with van der Waals surface area (Å²) in [5.41, 5.74) is 8.24. The smallest absolute Gasteiger partial charge is 0.231 e. The van der Waals surface area contributed by atoms with Crippen molar-refractivity contribution in [2.45, 2.75) is 6.54 Å². The Morgan fingerprint density at radius 3 is 2.80 bits per heavy atom. The van der Waals surface area contributed by atoms with E-state index in [-0.39, 0.29) is 18.5 Å². The number of anilines is 2. The van der Waals surface area contributed by atoms with Crippen molar-refractivity contribution in [3.8, 4) is 28.5 Å². The van der Waals surface area contributed by atoms with Crippen molar-refractivity contribution < 1.29 is 14.6 Å². The molecule has 0 spiro atoms. The quantitative estimate of drug-likeness (QED) is 0.673. The predicted molar refractivity (Wildman–Crippen MR) is 93.4 cm³/mol. The number of fused-ring (bicyclic) bond motifs is 1. The lowest BCUT2D eigenvalue weighted by molar-refractivity contribution is 0.174. The molecule has 1 aromatic heterocycles. The number of nitrogens with zero attached hydrogens (tertiary/aromatic N) is 2. The van der Waals surface area contributed by atoms with Gasteiger partial charge in [-0.3, -0.25) is 0 Å². The Morgan fingerprint density at radius 2 is 1.92 bits per heavy atom. The van der Waals surface area contributed by atoms with Gasteiger partial charge in [-0.2, -0.15) is 4.98 Å². The average Bonchev–Trinajstić information content (AvgIpc) is 3.07. The van der Waals surface area contributed by atoms with Gasteiger partial charge in [-0.15, -0.1) is 0 Å². The summed E-state index contributed by atoms with van der Waals surface area (Å²) < 4.78 is 10.7. The third-order valence-corrected chi connectivity index (χ3v) is 3.80. The molecular weight excluding hydrogens is 320 g/mol. The van der Waals surface area contributed by atoms with Gasteiger partial charge >= 0.3 is 0 Å². The van der Waals surface area contributed by atoms with Gasteiger partial charge in [-0.1, -0.05) is 18.2 Å². The fraction of sp³-hybridized carbons (Fsp3) is 0.111. The lowest BCUT2D eigenvalue weighted by Crippen LogP contribution is -2.05. The number of nitrogens with two attached hydrogens (primary N) is 1. The summed E-state index contributed by atoms with van der Waals surface area (Å²) >= 11 is 0. The number of rotatable bonds is 4. The van der Waals surface area contributed by atoms with E-state index >= 15 is 0 Å². The summed E-state index contributed by atoms with van der Waals surface area (Å²) in [7, 11) is 0. The molecule has 126 valence electrons. The Morgan fingerprint density at radius 1 is 1.04 bits per heavy atom. The molecule has 0 fully saturated rings. The van der Waals surface area contributed by atoms with Crippen molar-refractivity contribution in [3.05, 3.63) is 54.1 Å². The number of phenols is 1. The molecule has 4 rings (SSSR count). The summed E-state index contributed by atoms with van der Waals surface area (Å²) in [4.78, 5) is 8.43. The third kappa shape index (κ3) is 3.25. The van der Waals surface area contributed by atoms with Crippen molar-refractivity contribution in [3.63, 3.8) is 0 Å². The number of ether oxygens (including phenoxy) is 2. The van der Waals surface area contributed by atoms with Crippen LogP contribution in [-0.4, -0.2) is 21.9 Å². The first-order chi connectivity index (χ1) is 12.2. The fourth-order valence-corrected chi connectivity index (χ4v) is 2.61. The van der Waals surface area contributed by atoms with Crippen molar-refractivity contribution in [1.29, 1.82) is 0 Å². The zero-order chi connectivity index (χ0) is 17.2. The standard InChI is InChI=1S/C18H16N4O3/c19-18-21-14(12-2-1-3-13(23)7-12)8-17(22-18)20-9-11-4-5-15-16(6-11)25-10-24-15/h1-8,23H,9-10H2,(H3,19,20,21,22). The number of aromatic hydroxyl groups is 1. The molecule has 25 heavy (non-hydrogen) atoms. The van der Waals surface area contributed by atoms with Gasteiger partial charge in [-0.05, 0) is 29.8 Å². The van der Waals surface area contributed by atoms with Crippen molar-refractivity contribution in [2.75, 3.05) is 17.8 Å². The number of aromatic nitrogens is 2. The second kappa shape index (κ2) is 6.20. The molecule has 1 aliphatic heterocycles. The molecule has 4 N–H and O–H groups in total. The van der Waals surface area contributed by atoms with E-state index in [1.54, 1.807) is 24.3 Å². The first kappa shape index (κ1) is 15.1. The van der Waals surface area contributed by atoms with Crippen LogP contribution in [0.25, 0.3) is 11.3 Å². The Bertz CT molecular complexity index is 930. The van der Waals surface area contributed by atoms with Crippen molar-refractivity contribution >= 4 is 11.8 Å². The molecule has 3 aromatic rings. The van der Waals surface area contributed by atoms with Crippen LogP contribution in [0.3, 0.4) is 0 Å². The number of nitrogen functional groups attached to an aromatic ring is 1. The third-order valence-electron chi connectivity index (χ3n) is 3.80. The summed E-state index contributed by atoms with van der Waals surface area (Å²) in [6.07, 6.45) is 0. The molecule has 2 heterocycles. The van der Waals surface area contributed by atoms with Crippen molar-refractivity contribution in [2.24, 2.45) is 0 Å². The summed E-state index contributed by atoms with van der Waals surface area (Å²) in [6, 6.07) is 14.4. The molecule has 0 aliphatic carbocycles. The first-order valence-corrected chi connectivity index (χ1v) is 7.74. The zero-order valence-electron chi connectivity index (χ0n) is 13.3. The van der Waals surface area contributed by atoms with E-state index in [4.69, 9.17) is 15.2 Å². The molecule has 0 saturated heterocycles. The van der Waals surface area contributed by atoms with Crippen LogP contribution in [-0.2, 0) is 6.54 Å². The highest BCUT2D eigenvalue weighted by molar-refractivity contribution is 5.65. The number of benzene rings is 2. The summed E-state index contributed by atoms with van der Waals surface area (Å²) in [6.45, 7) is 0.800. The minimum atomic E-state index is 0.161. The minimum absolute atomic E-state index is 0.161. The van der Waals surface area contributed by atoms with Crippen LogP contribution in [0.15, 0.2) is 48.5 Å². The van der Waals surface area contributed by atoms with E-state index in [9.17, 15) is 5.11 Å². The Balaban J connectivity index is 1.54. The van der Waals surface area contributed by atoms with Gasteiger partial charge in [0.1, 0.15) is 11.6 Å². The van der Waals surface area contributed by atoms with E-state index in [0.717, 1.165) is 22.6 Å². The SMILES string of the molecule is Nc1nc(NCc2ccc3c(c2)OCO3)cc(-c2cccc(O)c2)n1. The molecule has 0 radical (unpaired) electrons. The maximum absolute atomic E-state index is 9.63. The summed E-state index contributed by atoms with van der Waals surface area (Å²) in [5, 5.41) is 12.9. The van der Waals surface area contributed by atoms with E-state index in [0.29, 0.717) is 18.1 Å². The maximum atomic E-state index is 9.63. The molecule has 0 atom stereocenters. The Kier molecular flexibility index (Phi) is 3.74. The number of nitrogens with one attached hydrogen (secondary N) is 1. The molecule has 1 aliphatic rings. The van der Waals surface area contributed by atoms with Crippen LogP contribution in [0.4, 0.5) is 11.8 Å². The van der Waals surface area contributed by atoms with Gasteiger partial charge in [0.2, 0.25) is 12.7 Å². The van der Waals surface area contributed by atoms with Gasteiger partial charge in [0.05, 0.1) is 5.69 Å². The molecule has 0 unspecified atom stereocenters. The summed E-state index contributed by atoms with van der Waals surface area (Å²) in [5.74, 6) is 2.42. The van der Waals surface area contributed by atoms with Crippen LogP contribution < -0.4 is 20.5 Å². The average molecular weight is 336 g/mol. The molecule has 7 heteroatoms.